The average Bonchev–Trinajstić information content (AvgIpc) is 3.15. The smallest absolute Gasteiger partial charge is 0.295 e. The number of aromatic nitrogens is 1. The Morgan fingerprint density at radius 1 is 1.47 bits per heavy atom. The summed E-state index contributed by atoms with van der Waals surface area (Å²) in [5.74, 6) is 0. The van der Waals surface area contributed by atoms with Crippen LogP contribution in [-0.2, 0) is 0 Å². The van der Waals surface area contributed by atoms with Gasteiger partial charge in [0, 0.05) is 24.8 Å². The quantitative estimate of drug-likeness (QED) is 0.780. The van der Waals surface area contributed by atoms with Crippen LogP contribution in [0, 0.1) is 0 Å². The zero-order valence-electron chi connectivity index (χ0n) is 11.2. The van der Waals surface area contributed by atoms with Crippen LogP contribution in [-0.4, -0.2) is 35.6 Å². The van der Waals surface area contributed by atoms with E-state index in [1.54, 1.807) is 0 Å². The third-order valence-electron chi connectivity index (χ3n) is 3.56. The number of benzene rings is 1. The average molecular weight is 260 g/mol. The van der Waals surface area contributed by atoms with Gasteiger partial charge in [-0.3, -0.25) is 4.90 Å². The van der Waals surface area contributed by atoms with Gasteiger partial charge in [-0.1, -0.05) is 6.92 Å². The van der Waals surface area contributed by atoms with Crippen LogP contribution in [0.15, 0.2) is 22.6 Å². The lowest BCUT2D eigenvalue weighted by Gasteiger charge is -2.19. The van der Waals surface area contributed by atoms with E-state index in [1.807, 2.05) is 18.2 Å². The van der Waals surface area contributed by atoms with Crippen LogP contribution in [0.2, 0.25) is 0 Å². The van der Waals surface area contributed by atoms with E-state index in [0.29, 0.717) is 11.7 Å². The van der Waals surface area contributed by atoms with E-state index < -0.39 is 0 Å². The largest absolute Gasteiger partial charge is 0.424 e. The third kappa shape index (κ3) is 2.81. The molecular weight excluding hydrogens is 240 g/mol. The molecule has 1 aliphatic carbocycles. The lowest BCUT2D eigenvalue weighted by molar-refractivity contribution is 0.288. The number of likely N-dealkylation sites (N-methyl/N-ethyl adjacent to an activating group) is 1. The predicted octanol–water partition coefficient (Wildman–Crippen LogP) is 2.31. The lowest BCUT2D eigenvalue weighted by atomic mass is 10.3. The van der Waals surface area contributed by atoms with Crippen molar-refractivity contribution in [1.82, 2.24) is 9.88 Å². The van der Waals surface area contributed by atoms with Gasteiger partial charge in [0.2, 0.25) is 0 Å². The molecule has 2 aromatic rings. The zero-order valence-corrected chi connectivity index (χ0v) is 11.2. The van der Waals surface area contributed by atoms with E-state index in [1.165, 1.54) is 12.8 Å². The van der Waals surface area contributed by atoms with Gasteiger partial charge in [0.15, 0.2) is 5.58 Å². The van der Waals surface area contributed by atoms with Crippen LogP contribution in [0.3, 0.4) is 0 Å². The highest BCUT2D eigenvalue weighted by atomic mass is 16.4. The molecule has 1 aromatic carbocycles. The summed E-state index contributed by atoms with van der Waals surface area (Å²) in [6, 6.07) is 6.88. The Morgan fingerprint density at radius 3 is 3.05 bits per heavy atom. The summed E-state index contributed by atoms with van der Waals surface area (Å²) in [4.78, 5) is 6.87. The molecule has 0 radical (unpaired) electrons. The van der Waals surface area contributed by atoms with Gasteiger partial charge < -0.3 is 15.5 Å². The van der Waals surface area contributed by atoms with Crippen molar-refractivity contribution in [2.45, 2.75) is 25.8 Å². The van der Waals surface area contributed by atoms with E-state index in [2.05, 4.69) is 22.1 Å². The van der Waals surface area contributed by atoms with Crippen molar-refractivity contribution in [2.24, 2.45) is 0 Å². The molecule has 0 unspecified atom stereocenters. The minimum absolute atomic E-state index is 0.576. The Hall–Kier alpha value is -1.75. The first-order chi connectivity index (χ1) is 9.26. The number of hydrogen-bond donors (Lipinski definition) is 2. The Morgan fingerprint density at radius 2 is 2.32 bits per heavy atom. The number of rotatable bonds is 6. The van der Waals surface area contributed by atoms with Crippen LogP contribution in [0.5, 0.6) is 0 Å². The number of fused-ring (bicyclic) bond motifs is 1. The molecule has 1 aliphatic rings. The van der Waals surface area contributed by atoms with E-state index in [4.69, 9.17) is 10.2 Å². The number of nitrogens with zero attached hydrogens (tertiary/aromatic N) is 2. The Balaban J connectivity index is 1.58. The molecule has 5 nitrogen and oxygen atoms in total. The second kappa shape index (κ2) is 5.09. The van der Waals surface area contributed by atoms with E-state index >= 15 is 0 Å². The Labute approximate surface area is 112 Å². The minimum atomic E-state index is 0.576. The predicted molar refractivity (Wildman–Crippen MR) is 77.2 cm³/mol. The first-order valence-electron chi connectivity index (χ1n) is 6.90. The fraction of sp³-hybridized carbons (Fsp3) is 0.500. The van der Waals surface area contributed by atoms with Crippen molar-refractivity contribution in [3.8, 4) is 0 Å². The van der Waals surface area contributed by atoms with Crippen molar-refractivity contribution in [1.29, 1.82) is 0 Å². The van der Waals surface area contributed by atoms with Gasteiger partial charge in [0.05, 0.1) is 0 Å². The van der Waals surface area contributed by atoms with E-state index in [0.717, 1.165) is 36.8 Å². The first-order valence-corrected chi connectivity index (χ1v) is 6.90. The van der Waals surface area contributed by atoms with Gasteiger partial charge in [-0.15, -0.1) is 0 Å². The summed E-state index contributed by atoms with van der Waals surface area (Å²) in [6.45, 7) is 5.20. The summed E-state index contributed by atoms with van der Waals surface area (Å²) in [5, 5.41) is 3.24. The van der Waals surface area contributed by atoms with Crippen molar-refractivity contribution in [2.75, 3.05) is 30.7 Å². The number of nitrogens with two attached hydrogens (primary N) is 1. The molecule has 1 saturated carbocycles. The number of oxazole rings is 1. The molecule has 19 heavy (non-hydrogen) atoms. The van der Waals surface area contributed by atoms with Gasteiger partial charge >= 0.3 is 0 Å². The molecule has 0 aliphatic heterocycles. The number of hydrogen-bond acceptors (Lipinski definition) is 5. The summed E-state index contributed by atoms with van der Waals surface area (Å²) in [6.07, 6.45) is 2.69. The molecule has 102 valence electrons. The molecule has 3 rings (SSSR count). The van der Waals surface area contributed by atoms with Crippen LogP contribution in [0.25, 0.3) is 11.1 Å². The fourth-order valence-corrected chi connectivity index (χ4v) is 2.37. The maximum Gasteiger partial charge on any atom is 0.295 e. The molecule has 0 saturated heterocycles. The first kappa shape index (κ1) is 12.3. The molecule has 3 N–H and O–H groups in total. The summed E-state index contributed by atoms with van der Waals surface area (Å²) >= 11 is 0. The summed E-state index contributed by atoms with van der Waals surface area (Å²) in [7, 11) is 0. The normalized spacial score (nSPS) is 15.3. The molecular formula is C14H20N4O. The van der Waals surface area contributed by atoms with Crippen molar-refractivity contribution < 1.29 is 4.42 Å². The molecule has 0 spiro atoms. The second-order valence-electron chi connectivity index (χ2n) is 5.03. The third-order valence-corrected chi connectivity index (χ3v) is 3.56. The van der Waals surface area contributed by atoms with Gasteiger partial charge in [-0.2, -0.15) is 4.98 Å². The second-order valence-corrected chi connectivity index (χ2v) is 5.03. The maximum absolute atomic E-state index is 5.72. The molecule has 1 aromatic heterocycles. The lowest BCUT2D eigenvalue weighted by Crippen LogP contribution is -2.30. The van der Waals surface area contributed by atoms with Crippen LogP contribution in [0.1, 0.15) is 19.8 Å². The number of nitrogens with one attached hydrogen (secondary N) is 1. The SMILES string of the molecule is CCN(CCNc1nc2cc(N)ccc2o1)C1CC1. The van der Waals surface area contributed by atoms with Gasteiger partial charge in [0.1, 0.15) is 5.52 Å². The molecule has 1 heterocycles. The standard InChI is InChI=1S/C14H20N4O/c1-2-18(11-4-5-11)8-7-16-14-17-12-9-10(15)3-6-13(12)19-14/h3,6,9,11H,2,4-5,7-8,15H2,1H3,(H,16,17). The number of anilines is 2. The topological polar surface area (TPSA) is 67.3 Å². The Bertz CT molecular complexity index is 562. The maximum atomic E-state index is 5.72. The number of nitrogen functional groups attached to an aromatic ring is 1. The van der Waals surface area contributed by atoms with Crippen LogP contribution < -0.4 is 11.1 Å². The zero-order chi connectivity index (χ0) is 13.2. The van der Waals surface area contributed by atoms with Crippen molar-refractivity contribution in [3.63, 3.8) is 0 Å². The highest BCUT2D eigenvalue weighted by molar-refractivity contribution is 5.78. The highest BCUT2D eigenvalue weighted by Gasteiger charge is 2.27. The highest BCUT2D eigenvalue weighted by Crippen LogP contribution is 2.26. The van der Waals surface area contributed by atoms with Gasteiger partial charge in [-0.25, -0.2) is 0 Å². The van der Waals surface area contributed by atoms with E-state index in [9.17, 15) is 0 Å². The molecule has 0 bridgehead atoms. The summed E-state index contributed by atoms with van der Waals surface area (Å²) in [5.41, 5.74) is 8.00. The fourth-order valence-electron chi connectivity index (χ4n) is 2.37. The van der Waals surface area contributed by atoms with Crippen LogP contribution >= 0.6 is 0 Å². The van der Waals surface area contributed by atoms with Gasteiger partial charge in [-0.05, 0) is 37.6 Å². The van der Waals surface area contributed by atoms with Crippen molar-refractivity contribution in [3.05, 3.63) is 18.2 Å². The summed E-state index contributed by atoms with van der Waals surface area (Å²) < 4.78 is 5.62. The van der Waals surface area contributed by atoms with E-state index in [-0.39, 0.29) is 0 Å². The monoisotopic (exact) mass is 260 g/mol. The van der Waals surface area contributed by atoms with Crippen molar-refractivity contribution >= 4 is 22.8 Å². The minimum Gasteiger partial charge on any atom is -0.424 e. The van der Waals surface area contributed by atoms with Gasteiger partial charge in [0.25, 0.3) is 6.01 Å². The molecule has 1 fully saturated rings. The van der Waals surface area contributed by atoms with Crippen LogP contribution in [0.4, 0.5) is 11.7 Å². The molecule has 5 heteroatoms. The molecule has 0 atom stereocenters. The Kier molecular flexibility index (Phi) is 3.29. The molecule has 0 amide bonds.